The fraction of sp³-hybridized carbons (Fsp3) is 0.652. The van der Waals surface area contributed by atoms with E-state index in [0.717, 1.165) is 0 Å². The Labute approximate surface area is 382 Å². The van der Waals surface area contributed by atoms with Crippen molar-refractivity contribution in [2.75, 3.05) is 33.0 Å². The highest BCUT2D eigenvalue weighted by atomic mass is 16.7. The number of nitrogens with zero attached hydrogens (tertiary/aromatic N) is 3. The maximum atomic E-state index is 13.7. The average Bonchev–Trinajstić information content (AvgIpc) is 3.54. The van der Waals surface area contributed by atoms with Crippen molar-refractivity contribution in [1.29, 1.82) is 0 Å². The molecule has 0 bridgehead atoms. The van der Waals surface area contributed by atoms with E-state index in [1.165, 1.54) is 16.8 Å². The molecule has 1 aromatic rings. The second-order valence-corrected chi connectivity index (χ2v) is 17.8. The highest BCUT2D eigenvalue weighted by Crippen LogP contribution is 2.24. The van der Waals surface area contributed by atoms with Crippen LogP contribution in [0.2, 0.25) is 0 Å². The Morgan fingerprint density at radius 2 is 1.35 bits per heavy atom. The number of hydrogen-bond donors (Lipinski definition) is 4. The van der Waals surface area contributed by atoms with E-state index >= 15 is 0 Å². The molecule has 1 aliphatic heterocycles. The van der Waals surface area contributed by atoms with E-state index in [1.807, 2.05) is 27.7 Å². The van der Waals surface area contributed by atoms with Gasteiger partial charge < -0.3 is 41.1 Å². The molecule has 1 fully saturated rings. The predicted octanol–water partition coefficient (Wildman–Crippen LogP) is 4.65. The molecule has 0 unspecified atom stereocenters. The molecule has 0 spiro atoms. The molecule has 2 rings (SSSR count). The third kappa shape index (κ3) is 19.0. The molecule has 5 N–H and O–H groups in total. The van der Waals surface area contributed by atoms with Crippen LogP contribution in [-0.2, 0) is 54.5 Å². The lowest BCUT2D eigenvalue weighted by molar-refractivity contribution is -0.197. The van der Waals surface area contributed by atoms with E-state index in [9.17, 15) is 47.9 Å². The zero-order valence-corrected chi connectivity index (χ0v) is 39.6. The van der Waals surface area contributed by atoms with E-state index in [4.69, 9.17) is 15.3 Å². The standard InChI is InChI=1S/C46H71N7O12/c1-28(2)34(44(61)51(7)8)26-36(55)42(30(5)6)52(9)46(63)64-27-31-18-20-33(21-19-31)49-43(60)32(15-14-24-48-45(47)62)25-35(54)41(29(3)4)50-37(56)16-12-10-11-13-17-40(59)65-53-38(57)22-23-39(53)58/h18-21,28-30,32,34,41-42H,10-17,22-27H2,1-9H3,(H,49,60)(H,50,56)(H3,47,48,62)/t32-,34+,41+,42+/m1/s1. The zero-order chi connectivity index (χ0) is 49.0. The van der Waals surface area contributed by atoms with Crippen LogP contribution >= 0.6 is 0 Å². The molecule has 8 amide bonds. The number of anilines is 1. The molecule has 0 saturated carbocycles. The number of nitrogens with one attached hydrogen (secondary N) is 3. The molecule has 362 valence electrons. The third-order valence-electron chi connectivity index (χ3n) is 11.1. The van der Waals surface area contributed by atoms with E-state index in [0.29, 0.717) is 48.4 Å². The number of ether oxygens (including phenoxy) is 1. The van der Waals surface area contributed by atoms with Crippen LogP contribution < -0.4 is 21.7 Å². The lowest BCUT2D eigenvalue weighted by atomic mass is 9.85. The lowest BCUT2D eigenvalue weighted by Gasteiger charge is -2.31. The Kier molecular flexibility index (Phi) is 23.3. The van der Waals surface area contributed by atoms with Gasteiger partial charge in [0.15, 0.2) is 11.6 Å². The number of primary amides is 1. The first-order chi connectivity index (χ1) is 30.5. The number of imide groups is 1. The van der Waals surface area contributed by atoms with Gasteiger partial charge in [0, 0.05) is 83.7 Å². The lowest BCUT2D eigenvalue weighted by Crippen LogP contribution is -2.47. The van der Waals surface area contributed by atoms with Crippen LogP contribution in [0.4, 0.5) is 15.3 Å². The molecular formula is C46H71N7O12. The van der Waals surface area contributed by atoms with Crippen LogP contribution in [-0.4, -0.2) is 114 Å². The van der Waals surface area contributed by atoms with Crippen LogP contribution in [0.5, 0.6) is 0 Å². The smallest absolute Gasteiger partial charge is 0.410 e. The van der Waals surface area contributed by atoms with Gasteiger partial charge in [-0.1, -0.05) is 66.5 Å². The number of unbranched alkanes of at least 4 members (excludes halogenated alkanes) is 3. The van der Waals surface area contributed by atoms with Gasteiger partial charge in [0.25, 0.3) is 11.8 Å². The molecule has 1 saturated heterocycles. The van der Waals surface area contributed by atoms with Gasteiger partial charge in [0.2, 0.25) is 17.7 Å². The summed E-state index contributed by atoms with van der Waals surface area (Å²) in [6.45, 7) is 11.0. The summed E-state index contributed by atoms with van der Waals surface area (Å²) in [5, 5.41) is 8.64. The quantitative estimate of drug-likeness (QED) is 0.0662. The monoisotopic (exact) mass is 914 g/mol. The highest BCUT2D eigenvalue weighted by molar-refractivity contribution is 6.01. The summed E-state index contributed by atoms with van der Waals surface area (Å²) in [6.07, 6.45) is 1.93. The number of rotatable bonds is 28. The number of hydroxylamine groups is 2. The van der Waals surface area contributed by atoms with Gasteiger partial charge in [-0.05, 0) is 61.1 Å². The summed E-state index contributed by atoms with van der Waals surface area (Å²) in [4.78, 5) is 134. The summed E-state index contributed by atoms with van der Waals surface area (Å²) in [6, 6.07) is 4.15. The Hall–Kier alpha value is -5.88. The maximum absolute atomic E-state index is 13.7. The maximum Gasteiger partial charge on any atom is 0.410 e. The van der Waals surface area contributed by atoms with Crippen molar-refractivity contribution in [3.63, 3.8) is 0 Å². The first-order valence-corrected chi connectivity index (χ1v) is 22.5. The molecule has 1 aliphatic rings. The second kappa shape index (κ2) is 27.4. The van der Waals surface area contributed by atoms with Gasteiger partial charge in [-0.15, -0.1) is 5.06 Å². The fourth-order valence-corrected chi connectivity index (χ4v) is 7.44. The number of urea groups is 1. The Bertz CT molecular complexity index is 1820. The highest BCUT2D eigenvalue weighted by Gasteiger charge is 2.36. The van der Waals surface area contributed by atoms with Crippen molar-refractivity contribution in [3.05, 3.63) is 29.8 Å². The van der Waals surface area contributed by atoms with E-state index in [1.54, 1.807) is 52.2 Å². The number of carbonyl (C=O) groups is 10. The topological polar surface area (TPSA) is 261 Å². The number of likely N-dealkylation sites (N-methyl/N-ethyl adjacent to an activating group) is 1. The normalized spacial score (nSPS) is 14.4. The van der Waals surface area contributed by atoms with E-state index < -0.39 is 59.7 Å². The molecule has 1 heterocycles. The van der Waals surface area contributed by atoms with Crippen molar-refractivity contribution in [2.45, 2.75) is 137 Å². The van der Waals surface area contributed by atoms with E-state index in [2.05, 4.69) is 16.0 Å². The van der Waals surface area contributed by atoms with Crippen LogP contribution in [0.25, 0.3) is 0 Å². The van der Waals surface area contributed by atoms with Gasteiger partial charge in [0.1, 0.15) is 6.61 Å². The van der Waals surface area contributed by atoms with Crippen molar-refractivity contribution < 1.29 is 57.5 Å². The number of carbonyl (C=O) groups excluding carboxylic acids is 10. The SMILES string of the molecule is CC(C)[C@H](CC(=O)[C@H](C(C)C)N(C)C(=O)OCc1ccc(NC(=O)[C@H](CCCNC(N)=O)CC(=O)[C@@H](NC(=O)CCCCCCC(=O)ON2C(=O)CCC2=O)C(C)C)cc1)C(=O)N(C)C. The fourth-order valence-electron chi connectivity index (χ4n) is 7.44. The predicted molar refractivity (Wildman–Crippen MR) is 240 cm³/mol. The number of amides is 8. The van der Waals surface area contributed by atoms with Crippen LogP contribution in [0, 0.1) is 29.6 Å². The molecule has 19 nitrogen and oxygen atoms in total. The summed E-state index contributed by atoms with van der Waals surface area (Å²) in [5.41, 5.74) is 6.21. The Morgan fingerprint density at radius 3 is 1.89 bits per heavy atom. The first kappa shape index (κ1) is 55.3. The van der Waals surface area contributed by atoms with Crippen LogP contribution in [0.1, 0.15) is 124 Å². The number of benzene rings is 1. The summed E-state index contributed by atoms with van der Waals surface area (Å²) in [7, 11) is 4.78. The van der Waals surface area contributed by atoms with Crippen molar-refractivity contribution in [1.82, 2.24) is 25.5 Å². The van der Waals surface area contributed by atoms with Gasteiger partial charge in [-0.3, -0.25) is 33.6 Å². The Morgan fingerprint density at radius 1 is 0.754 bits per heavy atom. The molecule has 4 atom stereocenters. The summed E-state index contributed by atoms with van der Waals surface area (Å²) in [5.74, 6) is -5.26. The molecule has 0 aliphatic carbocycles. The van der Waals surface area contributed by atoms with Crippen molar-refractivity contribution in [2.24, 2.45) is 35.3 Å². The van der Waals surface area contributed by atoms with E-state index in [-0.39, 0.29) is 99.2 Å². The van der Waals surface area contributed by atoms with Gasteiger partial charge >= 0.3 is 18.1 Å². The minimum atomic E-state index is -0.869. The minimum absolute atomic E-state index is 0.00877. The average molecular weight is 914 g/mol. The molecule has 65 heavy (non-hydrogen) atoms. The van der Waals surface area contributed by atoms with Gasteiger partial charge in [-0.2, -0.15) is 0 Å². The molecular weight excluding hydrogens is 843 g/mol. The van der Waals surface area contributed by atoms with Crippen LogP contribution in [0.15, 0.2) is 24.3 Å². The number of nitrogens with two attached hydrogens (primary N) is 1. The number of ketones is 2. The summed E-state index contributed by atoms with van der Waals surface area (Å²) >= 11 is 0. The molecule has 19 heteroatoms. The number of hydrogen-bond acceptors (Lipinski definition) is 12. The number of Topliss-reactive ketones (excluding diaryl/α,β-unsaturated/α-hetero) is 2. The van der Waals surface area contributed by atoms with Gasteiger partial charge in [-0.25, -0.2) is 14.4 Å². The van der Waals surface area contributed by atoms with Gasteiger partial charge in [0.05, 0.1) is 12.1 Å². The minimum Gasteiger partial charge on any atom is -0.445 e. The largest absolute Gasteiger partial charge is 0.445 e. The van der Waals surface area contributed by atoms with Crippen molar-refractivity contribution in [3.8, 4) is 0 Å². The Balaban J connectivity index is 1.98. The first-order valence-electron chi connectivity index (χ1n) is 22.5. The summed E-state index contributed by atoms with van der Waals surface area (Å²) < 4.78 is 5.55. The molecule has 0 radical (unpaired) electrons. The third-order valence-corrected chi connectivity index (χ3v) is 11.1. The zero-order valence-electron chi connectivity index (χ0n) is 39.6. The molecule has 1 aromatic carbocycles. The van der Waals surface area contributed by atoms with Crippen molar-refractivity contribution >= 4 is 64.9 Å². The second-order valence-electron chi connectivity index (χ2n) is 17.8. The van der Waals surface area contributed by atoms with Crippen LogP contribution in [0.3, 0.4) is 0 Å². The molecule has 0 aromatic heterocycles.